The number of ether oxygens (including phenoxy) is 1. The van der Waals surface area contributed by atoms with Crippen molar-refractivity contribution < 1.29 is 22.3 Å². The van der Waals surface area contributed by atoms with E-state index < -0.39 is 27.3 Å². The SMILES string of the molecule is CS(=O)(=O)N1CCNC(CCOc2c(F)ccc3nc(C(=O)NCc4cccc(Cl)c4)[nH]c(=O)c23)C1. The van der Waals surface area contributed by atoms with Gasteiger partial charge in [0.25, 0.3) is 11.5 Å². The topological polar surface area (TPSA) is 133 Å². The molecule has 1 aliphatic rings. The maximum Gasteiger partial charge on any atom is 0.287 e. The molecule has 1 amide bonds. The van der Waals surface area contributed by atoms with Gasteiger partial charge in [-0.25, -0.2) is 17.8 Å². The predicted octanol–water partition coefficient (Wildman–Crippen LogP) is 1.65. The van der Waals surface area contributed by atoms with Crippen LogP contribution in [0.5, 0.6) is 5.75 Å². The van der Waals surface area contributed by atoms with Crippen molar-refractivity contribution in [2.45, 2.75) is 19.0 Å². The lowest BCUT2D eigenvalue weighted by Gasteiger charge is -2.32. The van der Waals surface area contributed by atoms with Crippen LogP contribution in [-0.4, -0.2) is 67.1 Å². The third-order valence-electron chi connectivity index (χ3n) is 5.74. The van der Waals surface area contributed by atoms with Crippen molar-refractivity contribution in [3.8, 4) is 5.75 Å². The molecule has 2 heterocycles. The van der Waals surface area contributed by atoms with Crippen molar-refractivity contribution >= 4 is 38.4 Å². The zero-order chi connectivity index (χ0) is 25.9. The molecule has 0 saturated carbocycles. The number of halogens is 2. The van der Waals surface area contributed by atoms with E-state index >= 15 is 0 Å². The Hall–Kier alpha value is -3.06. The zero-order valence-corrected chi connectivity index (χ0v) is 21.0. The average molecular weight is 538 g/mol. The first-order chi connectivity index (χ1) is 17.1. The van der Waals surface area contributed by atoms with Crippen LogP contribution in [0.4, 0.5) is 4.39 Å². The summed E-state index contributed by atoms with van der Waals surface area (Å²) < 4.78 is 45.2. The smallest absolute Gasteiger partial charge is 0.287 e. The van der Waals surface area contributed by atoms with Crippen LogP contribution in [0.3, 0.4) is 0 Å². The fraction of sp³-hybridized carbons (Fsp3) is 0.348. The molecule has 3 aromatic rings. The summed E-state index contributed by atoms with van der Waals surface area (Å²) >= 11 is 5.95. The van der Waals surface area contributed by atoms with Gasteiger partial charge in [-0.05, 0) is 36.2 Å². The molecule has 13 heteroatoms. The van der Waals surface area contributed by atoms with Crippen LogP contribution in [0.1, 0.15) is 22.6 Å². The first-order valence-corrected chi connectivity index (χ1v) is 13.4. The van der Waals surface area contributed by atoms with Gasteiger partial charge in [-0.15, -0.1) is 0 Å². The molecule has 1 aromatic heterocycles. The molecule has 0 aliphatic carbocycles. The summed E-state index contributed by atoms with van der Waals surface area (Å²) in [4.78, 5) is 31.9. The van der Waals surface area contributed by atoms with E-state index in [1.807, 2.05) is 0 Å². The molecule has 1 aliphatic heterocycles. The summed E-state index contributed by atoms with van der Waals surface area (Å²) in [5.41, 5.74) is 0.146. The maximum atomic E-state index is 14.6. The Morgan fingerprint density at radius 2 is 2.14 bits per heavy atom. The standard InChI is InChI=1S/C23H25ClFN5O5S/c1-36(33,34)30-9-8-26-16(13-30)7-10-35-20-17(25)5-6-18-19(20)22(31)29-21(28-18)23(32)27-12-14-3-2-4-15(24)11-14/h2-6,11,16,26H,7-10,12-13H2,1H3,(H,27,32)(H,28,29,31). The summed E-state index contributed by atoms with van der Waals surface area (Å²) in [5.74, 6) is -1.86. The van der Waals surface area contributed by atoms with E-state index in [-0.39, 0.29) is 48.2 Å². The number of sulfonamides is 1. The Labute approximate surface area is 211 Å². The maximum absolute atomic E-state index is 14.6. The summed E-state index contributed by atoms with van der Waals surface area (Å²) in [6, 6.07) is 9.18. The molecule has 1 fully saturated rings. The van der Waals surface area contributed by atoms with Crippen molar-refractivity contribution in [3.05, 3.63) is 69.0 Å². The second-order valence-electron chi connectivity index (χ2n) is 8.41. The van der Waals surface area contributed by atoms with E-state index in [0.717, 1.165) is 17.9 Å². The van der Waals surface area contributed by atoms with Crippen LogP contribution in [0.25, 0.3) is 10.9 Å². The Kier molecular flexibility index (Phi) is 7.88. The second kappa shape index (κ2) is 10.9. The number of carbonyl (C=O) groups is 1. The van der Waals surface area contributed by atoms with E-state index in [9.17, 15) is 22.4 Å². The van der Waals surface area contributed by atoms with E-state index in [2.05, 4.69) is 20.6 Å². The minimum absolute atomic E-state index is 0.0343. The lowest BCUT2D eigenvalue weighted by Crippen LogP contribution is -2.52. The molecule has 1 atom stereocenters. The highest BCUT2D eigenvalue weighted by Gasteiger charge is 2.25. The molecule has 36 heavy (non-hydrogen) atoms. The first kappa shape index (κ1) is 26.0. The molecule has 0 radical (unpaired) electrons. The van der Waals surface area contributed by atoms with Gasteiger partial charge in [0, 0.05) is 37.2 Å². The van der Waals surface area contributed by atoms with Gasteiger partial charge in [-0.2, -0.15) is 4.31 Å². The van der Waals surface area contributed by atoms with Gasteiger partial charge in [-0.1, -0.05) is 23.7 Å². The van der Waals surface area contributed by atoms with Crippen LogP contribution in [-0.2, 0) is 16.6 Å². The van der Waals surface area contributed by atoms with Gasteiger partial charge in [0.05, 0.1) is 18.4 Å². The molecule has 0 spiro atoms. The van der Waals surface area contributed by atoms with Crippen molar-refractivity contribution in [3.63, 3.8) is 0 Å². The lowest BCUT2D eigenvalue weighted by atomic mass is 10.1. The normalized spacial score (nSPS) is 16.7. The van der Waals surface area contributed by atoms with Crippen molar-refractivity contribution in [2.75, 3.05) is 32.5 Å². The van der Waals surface area contributed by atoms with E-state index in [0.29, 0.717) is 24.5 Å². The van der Waals surface area contributed by atoms with Crippen molar-refractivity contribution in [1.82, 2.24) is 24.9 Å². The zero-order valence-electron chi connectivity index (χ0n) is 19.4. The van der Waals surface area contributed by atoms with Crippen LogP contribution in [0.15, 0.2) is 41.2 Å². The molecule has 10 nitrogen and oxygen atoms in total. The number of amides is 1. The number of rotatable bonds is 8. The number of fused-ring (bicyclic) bond motifs is 1. The number of carbonyl (C=O) groups excluding carboxylic acids is 1. The number of aromatic amines is 1. The monoisotopic (exact) mass is 537 g/mol. The molecule has 192 valence electrons. The van der Waals surface area contributed by atoms with Gasteiger partial charge < -0.3 is 20.4 Å². The number of nitrogens with zero attached hydrogens (tertiary/aromatic N) is 2. The molecular formula is C23H25ClFN5O5S. The van der Waals surface area contributed by atoms with Crippen LogP contribution >= 0.6 is 11.6 Å². The Morgan fingerprint density at radius 3 is 2.89 bits per heavy atom. The first-order valence-electron chi connectivity index (χ1n) is 11.2. The van der Waals surface area contributed by atoms with Gasteiger partial charge >= 0.3 is 0 Å². The summed E-state index contributed by atoms with van der Waals surface area (Å²) in [5, 5.41) is 6.27. The number of aromatic nitrogens is 2. The minimum Gasteiger partial charge on any atom is -0.490 e. The minimum atomic E-state index is -3.31. The number of benzene rings is 2. The second-order valence-corrected chi connectivity index (χ2v) is 10.8. The summed E-state index contributed by atoms with van der Waals surface area (Å²) in [6.07, 6.45) is 1.54. The molecule has 3 N–H and O–H groups in total. The van der Waals surface area contributed by atoms with Gasteiger partial charge in [-0.3, -0.25) is 9.59 Å². The summed E-state index contributed by atoms with van der Waals surface area (Å²) in [7, 11) is -3.31. The molecule has 4 rings (SSSR count). The number of hydrogen-bond acceptors (Lipinski definition) is 7. The molecule has 2 aromatic carbocycles. The molecular weight excluding hydrogens is 513 g/mol. The van der Waals surface area contributed by atoms with E-state index in [1.54, 1.807) is 24.3 Å². The lowest BCUT2D eigenvalue weighted by molar-refractivity contribution is 0.0940. The van der Waals surface area contributed by atoms with E-state index in [1.165, 1.54) is 10.4 Å². The average Bonchev–Trinajstić information content (AvgIpc) is 2.83. The largest absolute Gasteiger partial charge is 0.490 e. The van der Waals surface area contributed by atoms with Crippen molar-refractivity contribution in [1.29, 1.82) is 0 Å². The van der Waals surface area contributed by atoms with Gasteiger partial charge in [0.1, 0.15) is 5.39 Å². The highest BCUT2D eigenvalue weighted by atomic mass is 35.5. The predicted molar refractivity (Wildman–Crippen MR) is 133 cm³/mol. The number of hydrogen-bond donors (Lipinski definition) is 3. The highest BCUT2D eigenvalue weighted by molar-refractivity contribution is 7.88. The highest BCUT2D eigenvalue weighted by Crippen LogP contribution is 2.25. The number of piperazine rings is 1. The quantitative estimate of drug-likeness (QED) is 0.398. The molecule has 1 unspecified atom stereocenters. The number of nitrogens with one attached hydrogen (secondary N) is 3. The fourth-order valence-electron chi connectivity index (χ4n) is 3.93. The van der Waals surface area contributed by atoms with Crippen molar-refractivity contribution in [2.24, 2.45) is 0 Å². The Bertz CT molecular complexity index is 1450. The van der Waals surface area contributed by atoms with Crippen LogP contribution < -0.4 is 20.9 Å². The number of H-pyrrole nitrogens is 1. The molecule has 1 saturated heterocycles. The Balaban J connectivity index is 1.46. The van der Waals surface area contributed by atoms with Gasteiger partial charge in [0.15, 0.2) is 17.4 Å². The van der Waals surface area contributed by atoms with Crippen LogP contribution in [0, 0.1) is 5.82 Å². The molecule has 0 bridgehead atoms. The summed E-state index contributed by atoms with van der Waals surface area (Å²) in [6.45, 7) is 1.35. The third-order valence-corrected chi connectivity index (χ3v) is 7.24. The van der Waals surface area contributed by atoms with Gasteiger partial charge in [0.2, 0.25) is 10.0 Å². The van der Waals surface area contributed by atoms with E-state index in [4.69, 9.17) is 16.3 Å². The Morgan fingerprint density at radius 1 is 1.33 bits per heavy atom. The van der Waals surface area contributed by atoms with Crippen LogP contribution in [0.2, 0.25) is 5.02 Å². The fourth-order valence-corrected chi connectivity index (χ4v) is 5.02. The third kappa shape index (κ3) is 6.19.